The van der Waals surface area contributed by atoms with E-state index in [1.807, 2.05) is 41.3 Å². The molecule has 2 aromatic rings. The molecule has 1 amide bonds. The number of nitrogens with zero attached hydrogens (tertiary/aromatic N) is 1. The van der Waals surface area contributed by atoms with Crippen molar-refractivity contribution in [3.8, 4) is 0 Å². The van der Waals surface area contributed by atoms with Crippen LogP contribution in [0.2, 0.25) is 0 Å². The molecule has 3 unspecified atom stereocenters. The maximum atomic E-state index is 13.1. The lowest BCUT2D eigenvalue weighted by Gasteiger charge is -2.37. The van der Waals surface area contributed by atoms with Crippen molar-refractivity contribution in [2.75, 3.05) is 6.54 Å². The van der Waals surface area contributed by atoms with Gasteiger partial charge in [0.25, 0.3) is 0 Å². The SMILES string of the molecule is O=C(C1C2CNC1C2)N(Cc1ccccc1)Cc1ccccc1. The number of carbonyl (C=O) groups excluding carboxylic acids is 1. The second-order valence-corrected chi connectivity index (χ2v) is 6.70. The van der Waals surface area contributed by atoms with E-state index in [-0.39, 0.29) is 5.92 Å². The molecular weight excluding hydrogens is 284 g/mol. The van der Waals surface area contributed by atoms with Gasteiger partial charge in [0.05, 0.1) is 5.92 Å². The van der Waals surface area contributed by atoms with Gasteiger partial charge in [-0.3, -0.25) is 4.79 Å². The first-order valence-corrected chi connectivity index (χ1v) is 8.41. The molecular formula is C20H22N2O. The van der Waals surface area contributed by atoms with E-state index in [2.05, 4.69) is 29.6 Å². The number of rotatable bonds is 5. The highest BCUT2D eigenvalue weighted by Crippen LogP contribution is 2.41. The van der Waals surface area contributed by atoms with Gasteiger partial charge in [0, 0.05) is 19.1 Å². The first kappa shape index (κ1) is 14.5. The van der Waals surface area contributed by atoms with Gasteiger partial charge in [-0.2, -0.15) is 0 Å². The van der Waals surface area contributed by atoms with Crippen LogP contribution in [0.15, 0.2) is 60.7 Å². The highest BCUT2D eigenvalue weighted by molar-refractivity contribution is 5.81. The van der Waals surface area contributed by atoms with Gasteiger partial charge in [-0.15, -0.1) is 0 Å². The van der Waals surface area contributed by atoms with E-state index in [9.17, 15) is 4.79 Å². The van der Waals surface area contributed by atoms with Gasteiger partial charge in [-0.25, -0.2) is 0 Å². The van der Waals surface area contributed by atoms with E-state index >= 15 is 0 Å². The van der Waals surface area contributed by atoms with E-state index in [0.717, 1.165) is 6.54 Å². The zero-order valence-electron chi connectivity index (χ0n) is 13.2. The van der Waals surface area contributed by atoms with Crippen molar-refractivity contribution in [2.24, 2.45) is 11.8 Å². The van der Waals surface area contributed by atoms with E-state index in [0.29, 0.717) is 31.0 Å². The van der Waals surface area contributed by atoms with Crippen LogP contribution in [0.25, 0.3) is 0 Å². The highest BCUT2D eigenvalue weighted by atomic mass is 16.2. The van der Waals surface area contributed by atoms with Gasteiger partial charge in [-0.05, 0) is 30.0 Å². The number of benzene rings is 2. The number of carbonyl (C=O) groups is 1. The Labute approximate surface area is 137 Å². The van der Waals surface area contributed by atoms with Crippen LogP contribution >= 0.6 is 0 Å². The molecule has 2 heterocycles. The van der Waals surface area contributed by atoms with Crippen LogP contribution in [0.3, 0.4) is 0 Å². The molecule has 0 spiro atoms. The first-order chi connectivity index (χ1) is 11.3. The van der Waals surface area contributed by atoms with Crippen molar-refractivity contribution in [2.45, 2.75) is 25.6 Å². The maximum absolute atomic E-state index is 13.1. The molecule has 23 heavy (non-hydrogen) atoms. The number of fused-ring (bicyclic) bond motifs is 1. The second kappa shape index (κ2) is 6.17. The third-order valence-corrected chi connectivity index (χ3v) is 5.17. The van der Waals surface area contributed by atoms with E-state index in [1.54, 1.807) is 0 Å². The Balaban J connectivity index is 1.54. The minimum atomic E-state index is 0.183. The van der Waals surface area contributed by atoms with Gasteiger partial charge in [0.2, 0.25) is 5.91 Å². The van der Waals surface area contributed by atoms with Crippen molar-refractivity contribution in [1.82, 2.24) is 10.2 Å². The maximum Gasteiger partial charge on any atom is 0.228 e. The van der Waals surface area contributed by atoms with E-state index in [1.165, 1.54) is 17.5 Å². The second-order valence-electron chi connectivity index (χ2n) is 6.70. The van der Waals surface area contributed by atoms with Crippen LogP contribution < -0.4 is 5.32 Å². The van der Waals surface area contributed by atoms with Crippen molar-refractivity contribution < 1.29 is 4.79 Å². The summed E-state index contributed by atoms with van der Waals surface area (Å²) in [5.74, 6) is 1.04. The first-order valence-electron chi connectivity index (χ1n) is 8.41. The molecule has 2 aromatic carbocycles. The summed E-state index contributed by atoms with van der Waals surface area (Å²) in [5.41, 5.74) is 2.38. The Kier molecular flexibility index (Phi) is 3.88. The standard InChI is InChI=1S/C20H22N2O/c23-20(19-17-11-18(19)21-12-17)22(13-15-7-3-1-4-8-15)14-16-9-5-2-6-10-16/h1-10,17-19,21H,11-14H2. The van der Waals surface area contributed by atoms with Crippen molar-refractivity contribution in [3.05, 3.63) is 71.8 Å². The number of amides is 1. The lowest BCUT2D eigenvalue weighted by molar-refractivity contribution is -0.141. The minimum absolute atomic E-state index is 0.183. The Morgan fingerprint density at radius 2 is 1.52 bits per heavy atom. The fraction of sp³-hybridized carbons (Fsp3) is 0.350. The van der Waals surface area contributed by atoms with Crippen LogP contribution in [0.1, 0.15) is 17.5 Å². The van der Waals surface area contributed by atoms with E-state index < -0.39 is 0 Å². The average molecular weight is 306 g/mol. The summed E-state index contributed by atoms with van der Waals surface area (Å²) in [4.78, 5) is 15.1. The minimum Gasteiger partial charge on any atom is -0.334 e. The van der Waals surface area contributed by atoms with Crippen LogP contribution in [-0.4, -0.2) is 23.4 Å². The summed E-state index contributed by atoms with van der Waals surface area (Å²) >= 11 is 0. The fourth-order valence-electron chi connectivity index (χ4n) is 3.88. The molecule has 2 aliphatic heterocycles. The van der Waals surface area contributed by atoms with Crippen molar-refractivity contribution >= 4 is 5.91 Å². The molecule has 1 N–H and O–H groups in total. The molecule has 0 radical (unpaired) electrons. The normalized spacial score (nSPS) is 25.0. The molecule has 3 atom stereocenters. The zero-order chi connectivity index (χ0) is 15.6. The summed E-state index contributed by atoms with van der Waals surface area (Å²) in [6, 6.07) is 21.0. The Morgan fingerprint density at radius 3 is 1.96 bits per heavy atom. The molecule has 3 fully saturated rings. The zero-order valence-corrected chi connectivity index (χ0v) is 13.2. The summed E-state index contributed by atoms with van der Waals surface area (Å²) in [6.45, 7) is 2.38. The van der Waals surface area contributed by atoms with Gasteiger partial charge >= 0.3 is 0 Å². The third kappa shape index (κ3) is 2.89. The fourth-order valence-corrected chi connectivity index (χ4v) is 3.88. The Hall–Kier alpha value is -2.13. The predicted molar refractivity (Wildman–Crippen MR) is 90.5 cm³/mol. The molecule has 5 rings (SSSR count). The molecule has 3 aliphatic rings. The summed E-state index contributed by atoms with van der Waals surface area (Å²) < 4.78 is 0. The lowest BCUT2D eigenvalue weighted by Crippen LogP contribution is -2.48. The number of hydrogen-bond acceptors (Lipinski definition) is 2. The van der Waals surface area contributed by atoms with Crippen LogP contribution in [-0.2, 0) is 17.9 Å². The Morgan fingerprint density at radius 1 is 0.957 bits per heavy atom. The molecule has 3 nitrogen and oxygen atoms in total. The molecule has 1 saturated carbocycles. The van der Waals surface area contributed by atoms with Crippen LogP contribution in [0.4, 0.5) is 0 Å². The molecule has 3 heteroatoms. The monoisotopic (exact) mass is 306 g/mol. The van der Waals surface area contributed by atoms with Gasteiger partial charge in [-0.1, -0.05) is 60.7 Å². The Bertz CT molecular complexity index is 615. The largest absolute Gasteiger partial charge is 0.334 e. The van der Waals surface area contributed by atoms with Crippen LogP contribution in [0, 0.1) is 11.8 Å². The highest BCUT2D eigenvalue weighted by Gasteiger charge is 2.51. The lowest BCUT2D eigenvalue weighted by atomic mass is 9.73. The number of hydrogen-bond donors (Lipinski definition) is 1. The van der Waals surface area contributed by atoms with Crippen molar-refractivity contribution in [1.29, 1.82) is 0 Å². The predicted octanol–water partition coefficient (Wildman–Crippen LogP) is 2.82. The van der Waals surface area contributed by atoms with Gasteiger partial charge in [0.15, 0.2) is 0 Å². The summed E-state index contributed by atoms with van der Waals surface area (Å²) in [6.07, 6.45) is 1.17. The van der Waals surface area contributed by atoms with Gasteiger partial charge in [0.1, 0.15) is 0 Å². The smallest absolute Gasteiger partial charge is 0.228 e. The molecule has 0 aromatic heterocycles. The molecule has 2 bridgehead atoms. The molecule has 118 valence electrons. The van der Waals surface area contributed by atoms with E-state index in [4.69, 9.17) is 0 Å². The quantitative estimate of drug-likeness (QED) is 0.921. The van der Waals surface area contributed by atoms with Crippen LogP contribution in [0.5, 0.6) is 0 Å². The van der Waals surface area contributed by atoms with Gasteiger partial charge < -0.3 is 10.2 Å². The van der Waals surface area contributed by atoms with Crippen molar-refractivity contribution in [3.63, 3.8) is 0 Å². The molecule has 2 saturated heterocycles. The summed E-state index contributed by atoms with van der Waals surface area (Å²) in [7, 11) is 0. The topological polar surface area (TPSA) is 32.3 Å². The third-order valence-electron chi connectivity index (χ3n) is 5.17. The molecule has 1 aliphatic carbocycles. The average Bonchev–Trinajstić information content (AvgIpc) is 3.21. The summed E-state index contributed by atoms with van der Waals surface area (Å²) in [5, 5.41) is 3.46. The number of nitrogens with one attached hydrogen (secondary N) is 1.